The molecule has 8 nitrogen and oxygen atoms in total. The number of hydrogen-bond acceptors (Lipinski definition) is 6. The topological polar surface area (TPSA) is 86.5 Å². The van der Waals surface area contributed by atoms with Crippen LogP contribution in [0.4, 0.5) is 5.69 Å². The highest BCUT2D eigenvalue weighted by Crippen LogP contribution is 2.36. The van der Waals surface area contributed by atoms with Gasteiger partial charge in [0.05, 0.1) is 53.9 Å². The molecule has 2 aromatic heterocycles. The Morgan fingerprint density at radius 1 is 1.09 bits per heavy atom. The Bertz CT molecular complexity index is 1530. The van der Waals surface area contributed by atoms with Gasteiger partial charge in [-0.2, -0.15) is 5.26 Å². The summed E-state index contributed by atoms with van der Waals surface area (Å²) in [7, 11) is 3.65. The van der Waals surface area contributed by atoms with E-state index in [4.69, 9.17) is 9.47 Å². The molecular weight excluding hydrogens is 442 g/mol. The molecule has 2 saturated heterocycles. The first-order valence-electron chi connectivity index (χ1n) is 12.2. The van der Waals surface area contributed by atoms with Gasteiger partial charge < -0.3 is 23.9 Å². The number of aromatic nitrogens is 2. The SMILES string of the molecule is COc1cc2c(=O)c3c4ccc(C#N)cc4[nH]c3n(C)c2cc1N1CCC(N2CCOCC2)CC1. The second kappa shape index (κ2) is 8.59. The van der Waals surface area contributed by atoms with Crippen LogP contribution in [-0.4, -0.2) is 67.0 Å². The Morgan fingerprint density at radius 3 is 2.57 bits per heavy atom. The number of morpholine rings is 1. The number of aryl methyl sites for hydroxylation is 1. The standard InChI is InChI=1S/C27H29N5O3/c1-30-22-15-23(32-7-5-18(6-8-32)31-9-11-35-12-10-31)24(34-2)14-20(22)26(33)25-19-4-3-17(16-28)13-21(19)29-27(25)30/h3-4,13-15,18,29H,5-12H2,1-2H3. The quantitative estimate of drug-likeness (QED) is 0.493. The van der Waals surface area contributed by atoms with Crippen molar-refractivity contribution >= 4 is 38.5 Å². The molecule has 0 radical (unpaired) electrons. The average molecular weight is 472 g/mol. The lowest BCUT2D eigenvalue weighted by Gasteiger charge is -2.41. The molecular formula is C27H29N5O3. The first kappa shape index (κ1) is 22.0. The zero-order valence-corrected chi connectivity index (χ0v) is 20.1. The van der Waals surface area contributed by atoms with Gasteiger partial charge in [-0.3, -0.25) is 9.69 Å². The van der Waals surface area contributed by atoms with Crippen LogP contribution in [0.2, 0.25) is 0 Å². The van der Waals surface area contributed by atoms with Crippen LogP contribution in [0.3, 0.4) is 0 Å². The summed E-state index contributed by atoms with van der Waals surface area (Å²) in [5.74, 6) is 0.727. The highest BCUT2D eigenvalue weighted by atomic mass is 16.5. The van der Waals surface area contributed by atoms with E-state index in [9.17, 15) is 10.1 Å². The van der Waals surface area contributed by atoms with Gasteiger partial charge in [0.2, 0.25) is 0 Å². The maximum absolute atomic E-state index is 13.7. The van der Waals surface area contributed by atoms with Gasteiger partial charge in [0.1, 0.15) is 11.4 Å². The van der Waals surface area contributed by atoms with Gasteiger partial charge in [0.15, 0.2) is 5.43 Å². The molecule has 2 aromatic carbocycles. The van der Waals surface area contributed by atoms with E-state index in [0.717, 1.165) is 85.7 Å². The lowest BCUT2D eigenvalue weighted by Crippen LogP contribution is -2.49. The predicted octanol–water partition coefficient (Wildman–Crippen LogP) is 3.35. The monoisotopic (exact) mass is 471 g/mol. The van der Waals surface area contributed by atoms with Gasteiger partial charge in [0.25, 0.3) is 0 Å². The zero-order valence-electron chi connectivity index (χ0n) is 20.1. The van der Waals surface area contributed by atoms with Gasteiger partial charge in [0, 0.05) is 50.2 Å². The van der Waals surface area contributed by atoms with E-state index in [1.165, 1.54) is 0 Å². The highest BCUT2D eigenvalue weighted by Gasteiger charge is 2.28. The van der Waals surface area contributed by atoms with Crippen molar-refractivity contribution < 1.29 is 9.47 Å². The number of ether oxygens (including phenoxy) is 2. The van der Waals surface area contributed by atoms with E-state index >= 15 is 0 Å². The number of pyridine rings is 1. The third-order valence-corrected chi connectivity index (χ3v) is 7.74. The van der Waals surface area contributed by atoms with Crippen molar-refractivity contribution in [2.75, 3.05) is 51.4 Å². The molecule has 4 heterocycles. The molecule has 1 N–H and O–H groups in total. The fraction of sp³-hybridized carbons (Fsp3) is 0.407. The molecule has 0 spiro atoms. The van der Waals surface area contributed by atoms with Crippen molar-refractivity contribution in [3.05, 3.63) is 46.1 Å². The molecule has 180 valence electrons. The average Bonchev–Trinajstić information content (AvgIpc) is 3.31. The molecule has 0 aliphatic carbocycles. The Kier molecular flexibility index (Phi) is 5.39. The summed E-state index contributed by atoms with van der Waals surface area (Å²) in [6.45, 7) is 5.58. The minimum Gasteiger partial charge on any atom is -0.495 e. The Morgan fingerprint density at radius 2 is 1.86 bits per heavy atom. The number of nitrogens with one attached hydrogen (secondary N) is 1. The molecule has 2 aliphatic rings. The Labute approximate surface area is 203 Å². The summed E-state index contributed by atoms with van der Waals surface area (Å²) in [5.41, 5.74) is 3.97. The van der Waals surface area contributed by atoms with Gasteiger partial charge in [-0.05, 0) is 37.1 Å². The van der Waals surface area contributed by atoms with E-state index in [-0.39, 0.29) is 5.43 Å². The first-order chi connectivity index (χ1) is 17.1. The summed E-state index contributed by atoms with van der Waals surface area (Å²) < 4.78 is 13.4. The lowest BCUT2D eigenvalue weighted by atomic mass is 10.0. The van der Waals surface area contributed by atoms with Gasteiger partial charge in [-0.15, -0.1) is 0 Å². The second-order valence-electron chi connectivity index (χ2n) is 9.52. The maximum atomic E-state index is 13.7. The summed E-state index contributed by atoms with van der Waals surface area (Å²) in [6.07, 6.45) is 2.20. The smallest absolute Gasteiger partial charge is 0.199 e. The summed E-state index contributed by atoms with van der Waals surface area (Å²) in [4.78, 5) is 22.0. The third-order valence-electron chi connectivity index (χ3n) is 7.74. The number of rotatable bonds is 3. The molecule has 0 saturated carbocycles. The van der Waals surface area contributed by atoms with E-state index in [1.807, 2.05) is 23.7 Å². The molecule has 8 heteroatoms. The molecule has 35 heavy (non-hydrogen) atoms. The number of aromatic amines is 1. The van der Waals surface area contributed by atoms with Crippen LogP contribution < -0.4 is 15.1 Å². The minimum absolute atomic E-state index is 0.0278. The van der Waals surface area contributed by atoms with Crippen LogP contribution >= 0.6 is 0 Å². The van der Waals surface area contributed by atoms with Crippen molar-refractivity contribution in [3.63, 3.8) is 0 Å². The van der Waals surface area contributed by atoms with Crippen molar-refractivity contribution in [2.24, 2.45) is 7.05 Å². The third kappa shape index (κ3) is 3.54. The minimum atomic E-state index is -0.0278. The number of anilines is 1. The van der Waals surface area contributed by atoms with Crippen LogP contribution in [-0.2, 0) is 11.8 Å². The molecule has 2 aliphatic heterocycles. The Balaban J connectivity index is 1.43. The molecule has 0 amide bonds. The van der Waals surface area contributed by atoms with Crippen LogP contribution in [0, 0.1) is 11.3 Å². The molecule has 0 atom stereocenters. The summed E-state index contributed by atoms with van der Waals surface area (Å²) in [6, 6.07) is 12.2. The van der Waals surface area contributed by atoms with Crippen LogP contribution in [0.15, 0.2) is 35.1 Å². The predicted molar refractivity (Wildman–Crippen MR) is 137 cm³/mol. The number of H-pyrrole nitrogens is 1. The first-order valence-corrected chi connectivity index (χ1v) is 12.2. The van der Waals surface area contributed by atoms with E-state index in [1.54, 1.807) is 19.2 Å². The number of nitrogens with zero attached hydrogens (tertiary/aromatic N) is 4. The molecule has 6 rings (SSSR count). The molecule has 2 fully saturated rings. The van der Waals surface area contributed by atoms with Crippen molar-refractivity contribution in [3.8, 4) is 11.8 Å². The van der Waals surface area contributed by atoms with Crippen LogP contribution in [0.5, 0.6) is 5.75 Å². The summed E-state index contributed by atoms with van der Waals surface area (Å²) >= 11 is 0. The fourth-order valence-corrected chi connectivity index (χ4v) is 5.83. The van der Waals surface area contributed by atoms with E-state index in [2.05, 4.69) is 26.9 Å². The maximum Gasteiger partial charge on any atom is 0.199 e. The second-order valence-corrected chi connectivity index (χ2v) is 9.52. The molecule has 4 aromatic rings. The van der Waals surface area contributed by atoms with Gasteiger partial charge in [-0.25, -0.2) is 0 Å². The fourth-order valence-electron chi connectivity index (χ4n) is 5.83. The van der Waals surface area contributed by atoms with E-state index < -0.39 is 0 Å². The van der Waals surface area contributed by atoms with Gasteiger partial charge >= 0.3 is 0 Å². The number of nitriles is 1. The van der Waals surface area contributed by atoms with Crippen LogP contribution in [0.25, 0.3) is 32.8 Å². The summed E-state index contributed by atoms with van der Waals surface area (Å²) in [5, 5.41) is 11.4. The van der Waals surface area contributed by atoms with E-state index in [0.29, 0.717) is 22.4 Å². The number of piperidine rings is 1. The van der Waals surface area contributed by atoms with Crippen molar-refractivity contribution in [1.29, 1.82) is 5.26 Å². The number of hydrogen-bond donors (Lipinski definition) is 1. The van der Waals surface area contributed by atoms with Crippen molar-refractivity contribution in [2.45, 2.75) is 18.9 Å². The Hall–Kier alpha value is -3.54. The van der Waals surface area contributed by atoms with Gasteiger partial charge in [-0.1, -0.05) is 6.07 Å². The van der Waals surface area contributed by atoms with Crippen LogP contribution in [0.1, 0.15) is 18.4 Å². The number of benzene rings is 2. The normalized spacial score (nSPS) is 17.9. The largest absolute Gasteiger partial charge is 0.495 e. The number of methoxy groups -OCH3 is 1. The van der Waals surface area contributed by atoms with Crippen molar-refractivity contribution in [1.82, 2.24) is 14.5 Å². The number of fused-ring (bicyclic) bond motifs is 4. The zero-order chi connectivity index (χ0) is 24.1. The molecule has 0 unspecified atom stereocenters. The highest BCUT2D eigenvalue weighted by molar-refractivity contribution is 6.10. The molecule has 0 bridgehead atoms. The lowest BCUT2D eigenvalue weighted by molar-refractivity contribution is 0.0115.